The van der Waals surface area contributed by atoms with Crippen LogP contribution in [0.15, 0.2) is 42.7 Å². The Morgan fingerprint density at radius 3 is 2.71 bits per heavy atom. The van der Waals surface area contributed by atoms with Gasteiger partial charge in [0.1, 0.15) is 6.04 Å². The number of hydrogen-bond donors (Lipinski definition) is 1. The van der Waals surface area contributed by atoms with Gasteiger partial charge in [0.25, 0.3) is 0 Å². The monoisotopic (exact) mass is 326 g/mol. The maximum atomic E-state index is 12.5. The number of nitrogens with zero attached hydrogens (tertiary/aromatic N) is 3. The van der Waals surface area contributed by atoms with Crippen molar-refractivity contribution in [2.75, 3.05) is 6.54 Å². The van der Waals surface area contributed by atoms with Crippen molar-refractivity contribution in [1.29, 1.82) is 0 Å². The van der Waals surface area contributed by atoms with Crippen LogP contribution in [0.2, 0.25) is 0 Å². The minimum absolute atomic E-state index is 0.0235. The third-order valence-electron chi connectivity index (χ3n) is 4.59. The fourth-order valence-electron chi connectivity index (χ4n) is 3.47. The van der Waals surface area contributed by atoms with E-state index < -0.39 is 6.04 Å². The highest BCUT2D eigenvalue weighted by Crippen LogP contribution is 2.31. The number of primary amides is 1. The zero-order valence-corrected chi connectivity index (χ0v) is 13.8. The van der Waals surface area contributed by atoms with Crippen LogP contribution in [0.5, 0.6) is 0 Å². The zero-order valence-electron chi connectivity index (χ0n) is 13.8. The summed E-state index contributed by atoms with van der Waals surface area (Å²) in [4.78, 5) is 26.6. The average Bonchev–Trinajstić information content (AvgIpc) is 3.18. The number of Topliss-reactive ketones (excluding diaryl/α,β-unsaturated/α-hetero) is 1. The van der Waals surface area contributed by atoms with Crippen molar-refractivity contribution in [2.45, 2.75) is 31.3 Å². The molecule has 2 N–H and O–H groups in total. The molecule has 1 aliphatic rings. The number of carbonyl (C=O) groups excluding carboxylic acids is 2. The highest BCUT2D eigenvalue weighted by atomic mass is 16.1. The van der Waals surface area contributed by atoms with E-state index in [0.717, 1.165) is 24.9 Å². The van der Waals surface area contributed by atoms with Crippen molar-refractivity contribution in [3.63, 3.8) is 0 Å². The van der Waals surface area contributed by atoms with Gasteiger partial charge in [-0.1, -0.05) is 30.3 Å². The lowest BCUT2D eigenvalue weighted by Gasteiger charge is -2.31. The Morgan fingerprint density at radius 1 is 1.33 bits per heavy atom. The number of ketones is 1. The Bertz CT molecular complexity index is 726. The van der Waals surface area contributed by atoms with E-state index in [2.05, 4.69) is 10.00 Å². The molecule has 1 aromatic heterocycles. The number of aromatic nitrogens is 2. The molecule has 0 unspecified atom stereocenters. The molecule has 0 aliphatic carbocycles. The molecule has 1 fully saturated rings. The first-order chi connectivity index (χ1) is 11.6. The zero-order chi connectivity index (χ0) is 17.1. The first-order valence-corrected chi connectivity index (χ1v) is 8.18. The van der Waals surface area contributed by atoms with Crippen LogP contribution in [-0.4, -0.2) is 39.0 Å². The second-order valence-electron chi connectivity index (χ2n) is 6.28. The highest BCUT2D eigenvalue weighted by molar-refractivity contribution is 5.96. The number of nitrogens with two attached hydrogens (primary N) is 1. The third kappa shape index (κ3) is 3.38. The minimum Gasteiger partial charge on any atom is -0.368 e. The largest absolute Gasteiger partial charge is 0.368 e. The summed E-state index contributed by atoms with van der Waals surface area (Å²) in [5.74, 6) is -0.321. The molecular weight excluding hydrogens is 304 g/mol. The van der Waals surface area contributed by atoms with Crippen molar-refractivity contribution < 1.29 is 9.59 Å². The van der Waals surface area contributed by atoms with Gasteiger partial charge in [-0.2, -0.15) is 5.10 Å². The summed E-state index contributed by atoms with van der Waals surface area (Å²) in [6, 6.07) is 9.07. The van der Waals surface area contributed by atoms with E-state index in [-0.39, 0.29) is 17.7 Å². The van der Waals surface area contributed by atoms with Crippen LogP contribution in [0, 0.1) is 0 Å². The van der Waals surface area contributed by atoms with Crippen molar-refractivity contribution in [3.8, 4) is 0 Å². The van der Waals surface area contributed by atoms with Gasteiger partial charge in [-0.05, 0) is 24.9 Å². The normalized spacial score (nSPS) is 19.3. The van der Waals surface area contributed by atoms with Gasteiger partial charge >= 0.3 is 0 Å². The predicted octanol–water partition coefficient (Wildman–Crippen LogP) is 1.68. The average molecular weight is 326 g/mol. The fourth-order valence-corrected chi connectivity index (χ4v) is 3.47. The minimum atomic E-state index is -0.486. The molecule has 0 spiro atoms. The molecule has 0 radical (unpaired) electrons. The van der Waals surface area contributed by atoms with Crippen LogP contribution >= 0.6 is 0 Å². The Morgan fingerprint density at radius 2 is 2.08 bits per heavy atom. The predicted molar refractivity (Wildman–Crippen MR) is 90.3 cm³/mol. The van der Waals surface area contributed by atoms with E-state index in [0.29, 0.717) is 12.0 Å². The van der Waals surface area contributed by atoms with E-state index in [1.165, 1.54) is 0 Å². The summed E-state index contributed by atoms with van der Waals surface area (Å²) in [5.41, 5.74) is 7.17. The van der Waals surface area contributed by atoms with Crippen LogP contribution in [0.4, 0.5) is 0 Å². The fraction of sp³-hybridized carbons (Fsp3) is 0.389. The molecule has 126 valence electrons. The van der Waals surface area contributed by atoms with Gasteiger partial charge in [0.2, 0.25) is 5.91 Å². The van der Waals surface area contributed by atoms with Gasteiger partial charge in [-0.3, -0.25) is 19.2 Å². The van der Waals surface area contributed by atoms with Gasteiger partial charge in [0, 0.05) is 25.7 Å². The van der Waals surface area contributed by atoms with Crippen LogP contribution < -0.4 is 5.73 Å². The maximum Gasteiger partial charge on any atom is 0.239 e. The number of carbonyl (C=O) groups is 2. The summed E-state index contributed by atoms with van der Waals surface area (Å²) in [7, 11) is 1.79. The standard InChI is InChI=1S/C18H22N4O2/c1-21-12-14(11-20-21)16(23)10-15-8-5-9-22(15)17(18(19)24)13-6-3-2-4-7-13/h2-4,6-7,11-12,15,17H,5,8-10H2,1H3,(H2,19,24)/t15-,17-/m1/s1. The Kier molecular flexibility index (Phi) is 4.76. The van der Waals surface area contributed by atoms with Crippen LogP contribution in [0.25, 0.3) is 0 Å². The maximum absolute atomic E-state index is 12.5. The summed E-state index contributed by atoms with van der Waals surface area (Å²) >= 11 is 0. The topological polar surface area (TPSA) is 81.2 Å². The van der Waals surface area contributed by atoms with Crippen molar-refractivity contribution in [2.24, 2.45) is 12.8 Å². The molecule has 1 aliphatic heterocycles. The molecule has 2 heterocycles. The number of likely N-dealkylation sites (tertiary alicyclic amines) is 1. The van der Waals surface area contributed by atoms with Crippen molar-refractivity contribution in [3.05, 3.63) is 53.9 Å². The number of rotatable bonds is 6. The number of aryl methyl sites for hydroxylation is 1. The summed E-state index contributed by atoms with van der Waals surface area (Å²) < 4.78 is 1.62. The molecule has 24 heavy (non-hydrogen) atoms. The van der Waals surface area contributed by atoms with E-state index in [1.54, 1.807) is 24.1 Å². The van der Waals surface area contributed by atoms with Gasteiger partial charge in [-0.25, -0.2) is 0 Å². The summed E-state index contributed by atoms with van der Waals surface area (Å²) in [6.07, 6.45) is 5.54. The van der Waals surface area contributed by atoms with E-state index >= 15 is 0 Å². The number of amides is 1. The van der Waals surface area contributed by atoms with Crippen LogP contribution in [0.3, 0.4) is 0 Å². The Hall–Kier alpha value is -2.47. The second-order valence-corrected chi connectivity index (χ2v) is 6.28. The molecule has 2 aromatic rings. The van der Waals surface area contributed by atoms with E-state index in [9.17, 15) is 9.59 Å². The third-order valence-corrected chi connectivity index (χ3v) is 4.59. The Labute approximate surface area is 141 Å². The van der Waals surface area contributed by atoms with Crippen molar-refractivity contribution in [1.82, 2.24) is 14.7 Å². The lowest BCUT2D eigenvalue weighted by atomic mass is 10.00. The van der Waals surface area contributed by atoms with Crippen molar-refractivity contribution >= 4 is 11.7 Å². The second kappa shape index (κ2) is 6.97. The molecular formula is C18H22N4O2. The van der Waals surface area contributed by atoms with E-state index in [1.807, 2.05) is 30.3 Å². The number of benzene rings is 1. The van der Waals surface area contributed by atoms with Gasteiger partial charge < -0.3 is 5.73 Å². The van der Waals surface area contributed by atoms with Gasteiger partial charge in [0.15, 0.2) is 5.78 Å². The first kappa shape index (κ1) is 16.4. The lowest BCUT2D eigenvalue weighted by molar-refractivity contribution is -0.123. The highest BCUT2D eigenvalue weighted by Gasteiger charge is 2.35. The molecule has 3 rings (SSSR count). The van der Waals surface area contributed by atoms with Gasteiger partial charge in [0.05, 0.1) is 11.8 Å². The molecule has 1 aromatic carbocycles. The quantitative estimate of drug-likeness (QED) is 0.819. The Balaban J connectivity index is 1.78. The smallest absolute Gasteiger partial charge is 0.239 e. The molecule has 2 atom stereocenters. The van der Waals surface area contributed by atoms with Crippen LogP contribution in [0.1, 0.15) is 41.2 Å². The molecule has 1 saturated heterocycles. The molecule has 1 amide bonds. The molecule has 6 nitrogen and oxygen atoms in total. The van der Waals surface area contributed by atoms with Gasteiger partial charge in [-0.15, -0.1) is 0 Å². The van der Waals surface area contributed by atoms with Crippen LogP contribution in [-0.2, 0) is 11.8 Å². The summed E-state index contributed by atoms with van der Waals surface area (Å²) in [6.45, 7) is 0.771. The number of hydrogen-bond acceptors (Lipinski definition) is 4. The molecule has 6 heteroatoms. The molecule has 0 saturated carbocycles. The van der Waals surface area contributed by atoms with E-state index in [4.69, 9.17) is 5.73 Å². The summed E-state index contributed by atoms with van der Waals surface area (Å²) in [5, 5.41) is 4.05. The molecule has 0 bridgehead atoms. The first-order valence-electron chi connectivity index (χ1n) is 8.18. The lowest BCUT2D eigenvalue weighted by Crippen LogP contribution is -2.41. The SMILES string of the molecule is Cn1cc(C(=O)C[C@H]2CCCN2[C@@H](C(N)=O)c2ccccc2)cn1.